The molecule has 1 aromatic heterocycles. The summed E-state index contributed by atoms with van der Waals surface area (Å²) in [7, 11) is 0. The molecule has 0 amide bonds. The molecule has 0 aliphatic carbocycles. The van der Waals surface area contributed by atoms with Gasteiger partial charge in [0.1, 0.15) is 0 Å². The quantitative estimate of drug-likeness (QED) is 0.781. The summed E-state index contributed by atoms with van der Waals surface area (Å²) in [5.41, 5.74) is 3.93. The molecule has 148 valence electrons. The Kier molecular flexibility index (Phi) is 6.36. The molecule has 2 unspecified atom stereocenters. The van der Waals surface area contributed by atoms with Gasteiger partial charge in [-0.1, -0.05) is 45.0 Å². The zero-order chi connectivity index (χ0) is 19.6. The number of benzene rings is 1. The van der Waals surface area contributed by atoms with E-state index in [1.54, 1.807) is 0 Å². The molecule has 1 aromatic carbocycles. The molecule has 5 heteroatoms. The van der Waals surface area contributed by atoms with Gasteiger partial charge in [0.2, 0.25) is 0 Å². The maximum Gasteiger partial charge on any atom is 0.0985 e. The smallest absolute Gasteiger partial charge is 0.0985 e. The van der Waals surface area contributed by atoms with Crippen molar-refractivity contribution in [2.24, 2.45) is 0 Å². The van der Waals surface area contributed by atoms with E-state index in [0.717, 1.165) is 38.3 Å². The van der Waals surface area contributed by atoms with Crippen molar-refractivity contribution in [3.8, 4) is 0 Å². The van der Waals surface area contributed by atoms with Gasteiger partial charge in [0.05, 0.1) is 16.8 Å². The fraction of sp³-hybridized carbons (Fsp3) is 0.591. The number of aliphatic hydroxyl groups excluding tert-OH is 1. The summed E-state index contributed by atoms with van der Waals surface area (Å²) in [6, 6.07) is 8.92. The summed E-state index contributed by atoms with van der Waals surface area (Å²) >= 11 is 1.83. The van der Waals surface area contributed by atoms with Gasteiger partial charge in [0.15, 0.2) is 0 Å². The van der Waals surface area contributed by atoms with Crippen LogP contribution in [-0.2, 0) is 18.5 Å². The molecule has 1 aliphatic rings. The van der Waals surface area contributed by atoms with Gasteiger partial charge in [0.25, 0.3) is 0 Å². The van der Waals surface area contributed by atoms with Crippen molar-refractivity contribution in [2.45, 2.75) is 71.7 Å². The van der Waals surface area contributed by atoms with Gasteiger partial charge < -0.3 is 10.4 Å². The summed E-state index contributed by atoms with van der Waals surface area (Å²) in [6.07, 6.45) is 0.722. The summed E-state index contributed by atoms with van der Waals surface area (Å²) in [5, 5.41) is 14.7. The second-order valence-corrected chi connectivity index (χ2v) is 9.80. The van der Waals surface area contributed by atoms with Crippen LogP contribution in [0.4, 0.5) is 0 Å². The Morgan fingerprint density at radius 2 is 2.00 bits per heavy atom. The lowest BCUT2D eigenvalue weighted by Gasteiger charge is -2.19. The second kappa shape index (κ2) is 8.39. The monoisotopic (exact) mass is 387 g/mol. The first-order valence-electron chi connectivity index (χ1n) is 9.92. The fourth-order valence-corrected chi connectivity index (χ4v) is 4.72. The van der Waals surface area contributed by atoms with Crippen LogP contribution in [0.1, 0.15) is 66.9 Å². The maximum atomic E-state index is 9.78. The van der Waals surface area contributed by atoms with E-state index in [-0.39, 0.29) is 17.6 Å². The molecule has 0 bridgehead atoms. The molecule has 2 heterocycles. The first-order valence-corrected chi connectivity index (χ1v) is 10.7. The molecular formula is C22H33N3OS. The number of thiazole rings is 1. The van der Waals surface area contributed by atoms with Crippen molar-refractivity contribution in [1.82, 2.24) is 15.2 Å². The van der Waals surface area contributed by atoms with Crippen LogP contribution in [0.2, 0.25) is 0 Å². The number of likely N-dealkylation sites (tertiary alicyclic amines) is 1. The Balaban J connectivity index is 1.66. The SMILES string of the molecule is Cc1nc(C(C)(C)C)sc1C(C)NCc1ccccc1CN1CCC(O)C1. The van der Waals surface area contributed by atoms with Crippen molar-refractivity contribution in [3.63, 3.8) is 0 Å². The van der Waals surface area contributed by atoms with E-state index in [2.05, 4.69) is 69.1 Å². The van der Waals surface area contributed by atoms with Crippen LogP contribution in [0.3, 0.4) is 0 Å². The molecule has 27 heavy (non-hydrogen) atoms. The predicted molar refractivity (Wildman–Crippen MR) is 113 cm³/mol. The minimum Gasteiger partial charge on any atom is -0.392 e. The van der Waals surface area contributed by atoms with E-state index in [9.17, 15) is 5.11 Å². The minimum absolute atomic E-state index is 0.0975. The predicted octanol–water partition coefficient (Wildman–Crippen LogP) is 4.17. The summed E-state index contributed by atoms with van der Waals surface area (Å²) in [6.45, 7) is 14.5. The van der Waals surface area contributed by atoms with Crippen LogP contribution in [0.5, 0.6) is 0 Å². The number of aryl methyl sites for hydroxylation is 1. The normalized spacial score (nSPS) is 19.6. The minimum atomic E-state index is -0.165. The third-order valence-electron chi connectivity index (χ3n) is 5.23. The van der Waals surface area contributed by atoms with E-state index in [4.69, 9.17) is 4.98 Å². The molecule has 0 saturated carbocycles. The van der Waals surface area contributed by atoms with Crippen molar-refractivity contribution in [3.05, 3.63) is 51.0 Å². The summed E-state index contributed by atoms with van der Waals surface area (Å²) < 4.78 is 0. The topological polar surface area (TPSA) is 48.4 Å². The van der Waals surface area contributed by atoms with E-state index in [1.165, 1.54) is 21.0 Å². The summed E-state index contributed by atoms with van der Waals surface area (Å²) in [5.74, 6) is 0. The van der Waals surface area contributed by atoms with Gasteiger partial charge in [0, 0.05) is 42.5 Å². The highest BCUT2D eigenvalue weighted by atomic mass is 32.1. The first-order chi connectivity index (χ1) is 12.7. The van der Waals surface area contributed by atoms with Crippen LogP contribution in [0, 0.1) is 6.92 Å². The van der Waals surface area contributed by atoms with Gasteiger partial charge in [-0.3, -0.25) is 4.90 Å². The molecule has 0 spiro atoms. The van der Waals surface area contributed by atoms with E-state index < -0.39 is 0 Å². The number of nitrogens with zero attached hydrogens (tertiary/aromatic N) is 2. The average molecular weight is 388 g/mol. The number of aromatic nitrogens is 1. The average Bonchev–Trinajstić information content (AvgIpc) is 3.19. The number of aliphatic hydroxyl groups is 1. The Morgan fingerprint density at radius 1 is 1.30 bits per heavy atom. The lowest BCUT2D eigenvalue weighted by Crippen LogP contribution is -2.24. The van der Waals surface area contributed by atoms with Gasteiger partial charge >= 0.3 is 0 Å². The number of β-amino-alcohol motifs (C(OH)–C–C–N with tert-alkyl or cyclic N) is 1. The largest absolute Gasteiger partial charge is 0.392 e. The lowest BCUT2D eigenvalue weighted by molar-refractivity contribution is 0.174. The second-order valence-electron chi connectivity index (χ2n) is 8.77. The molecule has 1 saturated heterocycles. The summed E-state index contributed by atoms with van der Waals surface area (Å²) in [4.78, 5) is 8.48. The van der Waals surface area contributed by atoms with Gasteiger partial charge in [-0.25, -0.2) is 4.98 Å². The zero-order valence-electron chi connectivity index (χ0n) is 17.2. The highest BCUT2D eigenvalue weighted by Crippen LogP contribution is 2.32. The van der Waals surface area contributed by atoms with E-state index >= 15 is 0 Å². The van der Waals surface area contributed by atoms with E-state index in [0.29, 0.717) is 0 Å². The zero-order valence-corrected chi connectivity index (χ0v) is 18.1. The molecule has 2 aromatic rings. The highest BCUT2D eigenvalue weighted by molar-refractivity contribution is 7.12. The molecule has 3 rings (SSSR count). The van der Waals surface area contributed by atoms with Crippen LogP contribution in [-0.4, -0.2) is 34.2 Å². The first kappa shape index (κ1) is 20.5. The molecule has 2 atom stereocenters. The standard InChI is InChI=1S/C22H33N3OS/c1-15(20-16(2)24-21(27-20)22(3,4)5)23-12-17-8-6-7-9-18(17)13-25-11-10-19(26)14-25/h6-9,15,19,23,26H,10-14H2,1-5H3. The Morgan fingerprint density at radius 3 is 2.59 bits per heavy atom. The van der Waals surface area contributed by atoms with Crippen molar-refractivity contribution < 1.29 is 5.11 Å². The van der Waals surface area contributed by atoms with Gasteiger partial charge in [-0.2, -0.15) is 0 Å². The Bertz CT molecular complexity index is 765. The van der Waals surface area contributed by atoms with Crippen LogP contribution in [0.15, 0.2) is 24.3 Å². The fourth-order valence-electron chi connectivity index (χ4n) is 3.57. The molecule has 4 nitrogen and oxygen atoms in total. The number of nitrogens with one attached hydrogen (secondary N) is 1. The van der Waals surface area contributed by atoms with Crippen molar-refractivity contribution in [2.75, 3.05) is 13.1 Å². The van der Waals surface area contributed by atoms with Crippen molar-refractivity contribution in [1.29, 1.82) is 0 Å². The van der Waals surface area contributed by atoms with E-state index in [1.807, 2.05) is 11.3 Å². The van der Waals surface area contributed by atoms with Crippen LogP contribution < -0.4 is 5.32 Å². The Labute approximate surface area is 167 Å². The molecular weight excluding hydrogens is 354 g/mol. The molecule has 2 N–H and O–H groups in total. The van der Waals surface area contributed by atoms with Crippen LogP contribution in [0.25, 0.3) is 0 Å². The van der Waals surface area contributed by atoms with Crippen LogP contribution >= 0.6 is 11.3 Å². The van der Waals surface area contributed by atoms with Gasteiger partial charge in [-0.05, 0) is 31.4 Å². The number of rotatable bonds is 6. The third kappa shape index (κ3) is 5.17. The molecule has 0 radical (unpaired) electrons. The highest BCUT2D eigenvalue weighted by Gasteiger charge is 2.23. The Hall–Kier alpha value is -1.27. The number of hydrogen-bond donors (Lipinski definition) is 2. The van der Waals surface area contributed by atoms with Crippen molar-refractivity contribution >= 4 is 11.3 Å². The van der Waals surface area contributed by atoms with Gasteiger partial charge in [-0.15, -0.1) is 11.3 Å². The molecule has 1 fully saturated rings. The third-order valence-corrected chi connectivity index (χ3v) is 6.99. The lowest BCUT2D eigenvalue weighted by atomic mass is 9.98. The maximum absolute atomic E-state index is 9.78. The molecule has 1 aliphatic heterocycles. The number of hydrogen-bond acceptors (Lipinski definition) is 5.